The smallest absolute Gasteiger partial charge is 0.337 e. The van der Waals surface area contributed by atoms with Crippen molar-refractivity contribution in [2.75, 3.05) is 18.0 Å². The van der Waals surface area contributed by atoms with Crippen LogP contribution in [0.15, 0.2) is 18.3 Å². The number of aromatic carboxylic acids is 1. The molecule has 0 aliphatic carbocycles. The van der Waals surface area contributed by atoms with E-state index in [1.807, 2.05) is 17.9 Å². The molecule has 8 heteroatoms. The van der Waals surface area contributed by atoms with Gasteiger partial charge in [-0.25, -0.2) is 9.78 Å². The highest BCUT2D eigenvalue weighted by atomic mass is 35.5. The molecule has 0 spiro atoms. The van der Waals surface area contributed by atoms with Crippen LogP contribution in [-0.2, 0) is 6.42 Å². The molecule has 0 amide bonds. The van der Waals surface area contributed by atoms with Gasteiger partial charge in [-0.15, -0.1) is 0 Å². The fourth-order valence-electron chi connectivity index (χ4n) is 2.86. The Morgan fingerprint density at radius 2 is 2.26 bits per heavy atom. The van der Waals surface area contributed by atoms with Gasteiger partial charge in [0.1, 0.15) is 5.82 Å². The predicted octanol–water partition coefficient (Wildman–Crippen LogP) is 1.50. The van der Waals surface area contributed by atoms with Crippen LogP contribution in [0, 0.1) is 12.8 Å². The van der Waals surface area contributed by atoms with Gasteiger partial charge in [-0.05, 0) is 25.5 Å². The van der Waals surface area contributed by atoms with E-state index in [2.05, 4.69) is 15.2 Å². The van der Waals surface area contributed by atoms with Crippen molar-refractivity contribution < 1.29 is 15.0 Å². The van der Waals surface area contributed by atoms with Gasteiger partial charge in [0.2, 0.25) is 0 Å². The molecule has 3 rings (SSSR count). The summed E-state index contributed by atoms with van der Waals surface area (Å²) < 4.78 is 0. The van der Waals surface area contributed by atoms with Crippen LogP contribution in [0.2, 0.25) is 5.02 Å². The highest BCUT2D eigenvalue weighted by Gasteiger charge is 2.33. The average Bonchev–Trinajstić information content (AvgIpc) is 3.06. The van der Waals surface area contributed by atoms with Crippen LogP contribution in [0.1, 0.15) is 21.7 Å². The van der Waals surface area contributed by atoms with E-state index < -0.39 is 12.1 Å². The van der Waals surface area contributed by atoms with Crippen LogP contribution < -0.4 is 4.90 Å². The third-order valence-electron chi connectivity index (χ3n) is 4.01. The van der Waals surface area contributed by atoms with E-state index in [4.69, 9.17) is 16.7 Å². The van der Waals surface area contributed by atoms with E-state index in [9.17, 15) is 9.90 Å². The van der Waals surface area contributed by atoms with Gasteiger partial charge >= 0.3 is 5.97 Å². The summed E-state index contributed by atoms with van der Waals surface area (Å²) in [6.07, 6.45) is 1.43. The average molecular weight is 337 g/mol. The van der Waals surface area contributed by atoms with Gasteiger partial charge in [-0.2, -0.15) is 5.10 Å². The maximum atomic E-state index is 10.9. The second-order valence-electron chi connectivity index (χ2n) is 5.81. The summed E-state index contributed by atoms with van der Waals surface area (Å²) in [7, 11) is 0. The Balaban J connectivity index is 1.74. The maximum Gasteiger partial charge on any atom is 0.337 e. The second kappa shape index (κ2) is 6.17. The summed E-state index contributed by atoms with van der Waals surface area (Å²) in [5.74, 6) is -0.551. The highest BCUT2D eigenvalue weighted by Crippen LogP contribution is 2.30. The molecule has 1 aliphatic rings. The molecule has 1 fully saturated rings. The van der Waals surface area contributed by atoms with Crippen LogP contribution in [0.25, 0.3) is 0 Å². The molecular formula is C15H17ClN4O3. The number of anilines is 1. The van der Waals surface area contributed by atoms with Gasteiger partial charge in [0, 0.05) is 30.9 Å². The standard InChI is InChI=1S/C15H17ClN4O3/c1-8-2-11(19-18-8)3-10-6-20(7-13(10)21)14-12(16)4-9(5-17-14)15(22)23/h2,4-5,10,13,21H,3,6-7H2,1H3,(H,18,19)(H,22,23)/t10-,13+/m1/s1. The second-order valence-corrected chi connectivity index (χ2v) is 6.22. The van der Waals surface area contributed by atoms with E-state index in [1.165, 1.54) is 12.3 Å². The summed E-state index contributed by atoms with van der Waals surface area (Å²) in [6, 6.07) is 3.34. The molecule has 23 heavy (non-hydrogen) atoms. The molecule has 0 bridgehead atoms. The molecule has 0 saturated carbocycles. The molecule has 2 aromatic rings. The summed E-state index contributed by atoms with van der Waals surface area (Å²) in [6.45, 7) is 2.93. The van der Waals surface area contributed by atoms with Crippen molar-refractivity contribution in [2.24, 2.45) is 5.92 Å². The lowest BCUT2D eigenvalue weighted by atomic mass is 10.0. The van der Waals surface area contributed by atoms with Crippen molar-refractivity contribution in [2.45, 2.75) is 19.4 Å². The first-order valence-electron chi connectivity index (χ1n) is 7.27. The SMILES string of the molecule is Cc1cc(C[C@@H]2CN(c3ncc(C(=O)O)cc3Cl)C[C@@H]2O)n[nH]1. The number of carboxylic acid groups (broad SMARTS) is 1. The monoisotopic (exact) mass is 336 g/mol. The maximum absolute atomic E-state index is 10.9. The van der Waals surface area contributed by atoms with Crippen molar-refractivity contribution in [1.29, 1.82) is 0 Å². The van der Waals surface area contributed by atoms with Crippen LogP contribution in [0.5, 0.6) is 0 Å². The topological polar surface area (TPSA) is 102 Å². The first-order valence-corrected chi connectivity index (χ1v) is 7.64. The van der Waals surface area contributed by atoms with Crippen LogP contribution in [-0.4, -0.2) is 50.6 Å². The molecule has 2 atom stereocenters. The number of H-pyrrole nitrogens is 1. The molecule has 1 saturated heterocycles. The van der Waals surface area contributed by atoms with Crippen LogP contribution in [0.4, 0.5) is 5.82 Å². The highest BCUT2D eigenvalue weighted by molar-refractivity contribution is 6.33. The molecule has 1 aliphatic heterocycles. The van der Waals surface area contributed by atoms with Crippen molar-refractivity contribution >= 4 is 23.4 Å². The number of nitrogens with one attached hydrogen (secondary N) is 1. The Kier molecular flexibility index (Phi) is 4.23. The zero-order chi connectivity index (χ0) is 16.6. The largest absolute Gasteiger partial charge is 0.478 e. The Morgan fingerprint density at radius 1 is 1.48 bits per heavy atom. The van der Waals surface area contributed by atoms with E-state index in [0.717, 1.165) is 11.4 Å². The Hall–Kier alpha value is -2.12. The van der Waals surface area contributed by atoms with Gasteiger partial charge in [0.15, 0.2) is 0 Å². The zero-order valence-electron chi connectivity index (χ0n) is 12.5. The third-order valence-corrected chi connectivity index (χ3v) is 4.28. The number of rotatable bonds is 4. The lowest BCUT2D eigenvalue weighted by molar-refractivity contribution is 0.0696. The van der Waals surface area contributed by atoms with E-state index in [-0.39, 0.29) is 16.5 Å². The van der Waals surface area contributed by atoms with Gasteiger partial charge in [0.25, 0.3) is 0 Å². The molecule has 122 valence electrons. The third kappa shape index (κ3) is 3.30. The van der Waals surface area contributed by atoms with E-state index in [0.29, 0.717) is 25.3 Å². The van der Waals surface area contributed by atoms with Crippen molar-refractivity contribution in [1.82, 2.24) is 15.2 Å². The van der Waals surface area contributed by atoms with Crippen LogP contribution >= 0.6 is 11.6 Å². The number of carboxylic acids is 1. The molecule has 0 aromatic carbocycles. The predicted molar refractivity (Wildman–Crippen MR) is 84.9 cm³/mol. The fraction of sp³-hybridized carbons (Fsp3) is 0.400. The number of aromatic amines is 1. The number of aryl methyl sites for hydroxylation is 1. The number of pyridine rings is 1. The lowest BCUT2D eigenvalue weighted by Crippen LogP contribution is -2.22. The quantitative estimate of drug-likeness (QED) is 0.782. The lowest BCUT2D eigenvalue weighted by Gasteiger charge is -2.18. The number of β-amino-alcohol motifs (C(OH)–C–C–N with tert-alkyl or cyclic N) is 1. The number of carbonyl (C=O) groups is 1. The van der Waals surface area contributed by atoms with Gasteiger partial charge in [0.05, 0.1) is 22.4 Å². The summed E-state index contributed by atoms with van der Waals surface area (Å²) in [5.41, 5.74) is 1.94. The molecule has 2 aromatic heterocycles. The Morgan fingerprint density at radius 3 is 2.87 bits per heavy atom. The molecule has 3 heterocycles. The minimum atomic E-state index is -1.07. The normalized spacial score (nSPS) is 20.9. The van der Waals surface area contributed by atoms with Crippen molar-refractivity contribution in [3.8, 4) is 0 Å². The van der Waals surface area contributed by atoms with E-state index >= 15 is 0 Å². The number of nitrogens with zero attached hydrogens (tertiary/aromatic N) is 3. The fourth-order valence-corrected chi connectivity index (χ4v) is 3.14. The summed E-state index contributed by atoms with van der Waals surface area (Å²) in [5, 5.41) is 26.6. The number of hydrogen-bond donors (Lipinski definition) is 3. The van der Waals surface area contributed by atoms with E-state index in [1.54, 1.807) is 0 Å². The summed E-state index contributed by atoms with van der Waals surface area (Å²) >= 11 is 6.15. The molecular weight excluding hydrogens is 320 g/mol. The molecule has 0 radical (unpaired) electrons. The first kappa shape index (κ1) is 15.8. The van der Waals surface area contributed by atoms with Gasteiger partial charge in [-0.1, -0.05) is 11.6 Å². The minimum absolute atomic E-state index is 0.0229. The number of aliphatic hydroxyl groups excluding tert-OH is 1. The molecule has 0 unspecified atom stereocenters. The number of aromatic nitrogens is 3. The van der Waals surface area contributed by atoms with Crippen molar-refractivity contribution in [3.63, 3.8) is 0 Å². The van der Waals surface area contributed by atoms with Crippen LogP contribution in [0.3, 0.4) is 0 Å². The zero-order valence-corrected chi connectivity index (χ0v) is 13.3. The Bertz CT molecular complexity index is 733. The molecule has 7 nitrogen and oxygen atoms in total. The van der Waals surface area contributed by atoms with Gasteiger partial charge < -0.3 is 15.1 Å². The number of halogens is 1. The summed E-state index contributed by atoms with van der Waals surface area (Å²) in [4.78, 5) is 17.0. The van der Waals surface area contributed by atoms with Gasteiger partial charge in [-0.3, -0.25) is 5.10 Å². The minimum Gasteiger partial charge on any atom is -0.478 e. The first-order chi connectivity index (χ1) is 10.9. The molecule has 3 N–H and O–H groups in total. The Labute approximate surface area is 137 Å². The number of aliphatic hydroxyl groups is 1. The number of hydrogen-bond acceptors (Lipinski definition) is 5. The van der Waals surface area contributed by atoms with Crippen molar-refractivity contribution in [3.05, 3.63) is 40.3 Å².